The van der Waals surface area contributed by atoms with Crippen LogP contribution < -0.4 is 10.2 Å². The third kappa shape index (κ3) is 2.38. The molecule has 2 aromatic rings. The van der Waals surface area contributed by atoms with E-state index in [2.05, 4.69) is 45.7 Å². The van der Waals surface area contributed by atoms with Gasteiger partial charge in [0.25, 0.3) is 0 Å². The largest absolute Gasteiger partial charge is 0.349 e. The number of pyridine rings is 1. The highest BCUT2D eigenvalue weighted by atomic mass is 32.1. The van der Waals surface area contributed by atoms with Crippen LogP contribution in [-0.2, 0) is 13.0 Å². The minimum absolute atomic E-state index is 0.428. The van der Waals surface area contributed by atoms with Crippen molar-refractivity contribution < 1.29 is 0 Å². The van der Waals surface area contributed by atoms with Crippen LogP contribution >= 0.6 is 11.3 Å². The van der Waals surface area contributed by atoms with E-state index in [1.165, 1.54) is 16.0 Å². The van der Waals surface area contributed by atoms with Crippen molar-refractivity contribution in [2.45, 2.75) is 25.9 Å². The topological polar surface area (TPSA) is 28.2 Å². The van der Waals surface area contributed by atoms with Gasteiger partial charge >= 0.3 is 0 Å². The number of hydrogen-bond acceptors (Lipinski definition) is 4. The van der Waals surface area contributed by atoms with Crippen LogP contribution in [0.5, 0.6) is 0 Å². The standard InChI is InChI=1S/C15H19N3S/c1-11-13-6-8-19-14(13)5-7-18(11)15-4-3-12(9-16-2)10-17-15/h3-4,6,8,10-11,16H,5,7,9H2,1-2H3. The van der Waals surface area contributed by atoms with Crippen molar-refractivity contribution >= 4 is 17.2 Å². The molecule has 100 valence electrons. The molecule has 4 heteroatoms. The molecular weight excluding hydrogens is 254 g/mol. The van der Waals surface area contributed by atoms with Gasteiger partial charge in [0.2, 0.25) is 0 Å². The van der Waals surface area contributed by atoms with Gasteiger partial charge in [0, 0.05) is 24.2 Å². The first kappa shape index (κ1) is 12.6. The number of anilines is 1. The first-order chi connectivity index (χ1) is 9.29. The summed E-state index contributed by atoms with van der Waals surface area (Å²) in [6, 6.07) is 6.99. The molecule has 19 heavy (non-hydrogen) atoms. The van der Waals surface area contributed by atoms with Crippen molar-refractivity contribution in [2.75, 3.05) is 18.5 Å². The summed E-state index contributed by atoms with van der Waals surface area (Å²) < 4.78 is 0. The van der Waals surface area contributed by atoms with E-state index < -0.39 is 0 Å². The lowest BCUT2D eigenvalue weighted by atomic mass is 10.0. The third-order valence-electron chi connectivity index (χ3n) is 3.76. The van der Waals surface area contributed by atoms with Crippen LogP contribution in [0.2, 0.25) is 0 Å². The van der Waals surface area contributed by atoms with Crippen LogP contribution in [0.1, 0.15) is 29.0 Å². The second-order valence-corrected chi connectivity index (χ2v) is 5.97. The smallest absolute Gasteiger partial charge is 0.128 e. The fraction of sp³-hybridized carbons (Fsp3) is 0.400. The molecule has 1 unspecified atom stereocenters. The fourth-order valence-electron chi connectivity index (χ4n) is 2.72. The lowest BCUT2D eigenvalue weighted by Gasteiger charge is -2.34. The predicted octanol–water partition coefficient (Wildman–Crippen LogP) is 2.99. The SMILES string of the molecule is CNCc1ccc(N2CCc3sccc3C2C)nc1. The molecule has 2 aromatic heterocycles. The van der Waals surface area contributed by atoms with E-state index in [-0.39, 0.29) is 0 Å². The summed E-state index contributed by atoms with van der Waals surface area (Å²) in [5.41, 5.74) is 2.70. The minimum atomic E-state index is 0.428. The summed E-state index contributed by atoms with van der Waals surface area (Å²) in [5.74, 6) is 1.09. The van der Waals surface area contributed by atoms with Gasteiger partial charge in [-0.25, -0.2) is 4.98 Å². The molecule has 3 rings (SSSR count). The van der Waals surface area contributed by atoms with E-state index in [0.717, 1.165) is 25.3 Å². The van der Waals surface area contributed by atoms with Crippen molar-refractivity contribution in [1.29, 1.82) is 0 Å². The molecule has 0 saturated carbocycles. The number of hydrogen-bond donors (Lipinski definition) is 1. The predicted molar refractivity (Wildman–Crippen MR) is 80.8 cm³/mol. The van der Waals surface area contributed by atoms with Gasteiger partial charge in [-0.3, -0.25) is 0 Å². The summed E-state index contributed by atoms with van der Waals surface area (Å²) >= 11 is 1.88. The Hall–Kier alpha value is -1.39. The Morgan fingerprint density at radius 1 is 1.42 bits per heavy atom. The number of nitrogens with zero attached hydrogens (tertiary/aromatic N) is 2. The molecule has 1 aliphatic rings. The maximum absolute atomic E-state index is 4.62. The molecule has 1 aliphatic heterocycles. The van der Waals surface area contributed by atoms with Gasteiger partial charge in [-0.1, -0.05) is 6.07 Å². The minimum Gasteiger partial charge on any atom is -0.349 e. The molecule has 1 atom stereocenters. The number of aromatic nitrogens is 1. The molecule has 3 nitrogen and oxygen atoms in total. The maximum Gasteiger partial charge on any atom is 0.128 e. The van der Waals surface area contributed by atoms with Crippen LogP contribution in [0.4, 0.5) is 5.82 Å². The average molecular weight is 273 g/mol. The normalized spacial score (nSPS) is 18.4. The fourth-order valence-corrected chi connectivity index (χ4v) is 3.68. The molecule has 0 bridgehead atoms. The Morgan fingerprint density at radius 2 is 2.32 bits per heavy atom. The maximum atomic E-state index is 4.62. The first-order valence-corrected chi connectivity index (χ1v) is 7.60. The summed E-state index contributed by atoms with van der Waals surface area (Å²) in [6.45, 7) is 4.21. The van der Waals surface area contributed by atoms with Gasteiger partial charge in [-0.05, 0) is 49.0 Å². The van der Waals surface area contributed by atoms with Crippen molar-refractivity contribution in [3.05, 3.63) is 45.8 Å². The first-order valence-electron chi connectivity index (χ1n) is 6.72. The van der Waals surface area contributed by atoms with Crippen LogP contribution in [0, 0.1) is 0 Å². The second kappa shape index (κ2) is 5.31. The van der Waals surface area contributed by atoms with Gasteiger partial charge in [0.15, 0.2) is 0 Å². The molecule has 0 radical (unpaired) electrons. The average Bonchev–Trinajstić information content (AvgIpc) is 2.90. The van der Waals surface area contributed by atoms with Gasteiger partial charge in [-0.2, -0.15) is 0 Å². The Labute approximate surface area is 118 Å². The summed E-state index contributed by atoms with van der Waals surface area (Å²) in [7, 11) is 1.96. The quantitative estimate of drug-likeness (QED) is 0.932. The zero-order valence-corrected chi connectivity index (χ0v) is 12.2. The van der Waals surface area contributed by atoms with E-state index in [0.29, 0.717) is 6.04 Å². The van der Waals surface area contributed by atoms with Crippen LogP contribution in [0.3, 0.4) is 0 Å². The Morgan fingerprint density at radius 3 is 3.05 bits per heavy atom. The van der Waals surface area contributed by atoms with Gasteiger partial charge in [0.1, 0.15) is 5.82 Å². The molecule has 0 spiro atoms. The van der Waals surface area contributed by atoms with Crippen molar-refractivity contribution in [3.8, 4) is 0 Å². The zero-order valence-electron chi connectivity index (χ0n) is 11.4. The molecule has 3 heterocycles. The van der Waals surface area contributed by atoms with Crippen molar-refractivity contribution in [2.24, 2.45) is 0 Å². The molecule has 0 aromatic carbocycles. The van der Waals surface area contributed by atoms with Crippen molar-refractivity contribution in [1.82, 2.24) is 10.3 Å². The van der Waals surface area contributed by atoms with E-state index in [1.807, 2.05) is 24.6 Å². The Bertz CT molecular complexity index is 547. The van der Waals surface area contributed by atoms with Gasteiger partial charge in [-0.15, -0.1) is 11.3 Å². The highest BCUT2D eigenvalue weighted by Gasteiger charge is 2.25. The van der Waals surface area contributed by atoms with E-state index >= 15 is 0 Å². The van der Waals surface area contributed by atoms with Gasteiger partial charge in [0.05, 0.1) is 6.04 Å². The number of nitrogens with one attached hydrogen (secondary N) is 1. The summed E-state index contributed by atoms with van der Waals surface area (Å²) in [5, 5.41) is 5.35. The lowest BCUT2D eigenvalue weighted by molar-refractivity contribution is 0.624. The second-order valence-electron chi connectivity index (χ2n) is 4.97. The number of rotatable bonds is 3. The Balaban J connectivity index is 1.83. The Kier molecular flexibility index (Phi) is 3.53. The van der Waals surface area contributed by atoms with E-state index in [1.54, 1.807) is 0 Å². The zero-order chi connectivity index (χ0) is 13.2. The molecule has 0 amide bonds. The number of fused-ring (bicyclic) bond motifs is 1. The van der Waals surface area contributed by atoms with Crippen molar-refractivity contribution in [3.63, 3.8) is 0 Å². The highest BCUT2D eigenvalue weighted by molar-refractivity contribution is 7.10. The molecular formula is C15H19N3S. The summed E-state index contributed by atoms with van der Waals surface area (Å²) in [4.78, 5) is 8.56. The monoisotopic (exact) mass is 273 g/mol. The van der Waals surface area contributed by atoms with E-state index in [9.17, 15) is 0 Å². The highest BCUT2D eigenvalue weighted by Crippen LogP contribution is 2.35. The van der Waals surface area contributed by atoms with Crippen LogP contribution in [0.15, 0.2) is 29.8 Å². The third-order valence-corrected chi connectivity index (χ3v) is 4.76. The molecule has 1 N–H and O–H groups in total. The molecule has 0 aliphatic carbocycles. The molecule has 0 saturated heterocycles. The van der Waals surface area contributed by atoms with Crippen LogP contribution in [-0.4, -0.2) is 18.6 Å². The van der Waals surface area contributed by atoms with Gasteiger partial charge < -0.3 is 10.2 Å². The summed E-state index contributed by atoms with van der Waals surface area (Å²) in [6.07, 6.45) is 3.11. The number of thiophene rings is 1. The lowest BCUT2D eigenvalue weighted by Crippen LogP contribution is -2.33. The molecule has 0 fully saturated rings. The van der Waals surface area contributed by atoms with Crippen LogP contribution in [0.25, 0.3) is 0 Å². The van der Waals surface area contributed by atoms with E-state index in [4.69, 9.17) is 0 Å².